The molecule has 0 heterocycles. The van der Waals surface area contributed by atoms with Crippen molar-refractivity contribution in [3.63, 3.8) is 0 Å². The van der Waals surface area contributed by atoms with Crippen LogP contribution in [0.15, 0.2) is 28.2 Å². The molecule has 12 heavy (non-hydrogen) atoms. The maximum absolute atomic E-state index is 3.93. The Morgan fingerprint density at radius 2 is 2.00 bits per heavy atom. The van der Waals surface area contributed by atoms with Crippen molar-refractivity contribution in [2.45, 2.75) is 13.3 Å². The van der Waals surface area contributed by atoms with Gasteiger partial charge in [0.2, 0.25) is 0 Å². The van der Waals surface area contributed by atoms with Gasteiger partial charge in [-0.25, -0.2) is 0 Å². The summed E-state index contributed by atoms with van der Waals surface area (Å²) < 4.78 is 0. The predicted molar refractivity (Wildman–Crippen MR) is 54.2 cm³/mol. The van der Waals surface area contributed by atoms with Crippen LogP contribution in [0.2, 0.25) is 0 Å². The normalized spacial score (nSPS) is 9.42. The first-order chi connectivity index (χ1) is 5.83. The van der Waals surface area contributed by atoms with E-state index in [1.165, 1.54) is 0 Å². The van der Waals surface area contributed by atoms with Crippen molar-refractivity contribution in [2.75, 3.05) is 0 Å². The number of hydrogen-bond acceptors (Lipinski definition) is 2. The highest BCUT2D eigenvalue weighted by atomic mass is 14.8. The molecule has 0 radical (unpaired) electrons. The second-order valence-electron chi connectivity index (χ2n) is 2.45. The second-order valence-corrected chi connectivity index (χ2v) is 2.45. The van der Waals surface area contributed by atoms with Crippen molar-refractivity contribution in [2.24, 2.45) is 9.98 Å². The number of para-hydroxylation sites is 1. The molecule has 0 aliphatic rings. The molecule has 62 valence electrons. The van der Waals surface area contributed by atoms with Crippen LogP contribution in [-0.4, -0.2) is 13.4 Å². The molecule has 1 aromatic carbocycles. The minimum Gasteiger partial charge on any atom is -0.262 e. The molecule has 0 aromatic heterocycles. The van der Waals surface area contributed by atoms with Crippen LogP contribution >= 0.6 is 0 Å². The third-order valence-electron chi connectivity index (χ3n) is 1.81. The molecule has 0 aliphatic carbocycles. The zero-order chi connectivity index (χ0) is 8.97. The summed E-state index contributed by atoms with van der Waals surface area (Å²) in [6.45, 7) is 9.07. The zero-order valence-electron chi connectivity index (χ0n) is 7.25. The molecule has 0 atom stereocenters. The Morgan fingerprint density at radius 3 is 2.50 bits per heavy atom. The van der Waals surface area contributed by atoms with Gasteiger partial charge in [0.1, 0.15) is 0 Å². The summed E-state index contributed by atoms with van der Waals surface area (Å²) in [5, 5.41) is 0. The first kappa shape index (κ1) is 8.65. The van der Waals surface area contributed by atoms with Crippen molar-refractivity contribution in [1.29, 1.82) is 0 Å². The molecule has 1 aromatic rings. The molecule has 0 aliphatic heterocycles. The van der Waals surface area contributed by atoms with E-state index in [2.05, 4.69) is 30.3 Å². The Balaban J connectivity index is 3.31. The van der Waals surface area contributed by atoms with E-state index in [1.807, 2.05) is 18.2 Å². The highest BCUT2D eigenvalue weighted by molar-refractivity contribution is 5.70. The fraction of sp³-hybridized carbons (Fsp3) is 0.200. The van der Waals surface area contributed by atoms with E-state index < -0.39 is 0 Å². The lowest BCUT2D eigenvalue weighted by Crippen LogP contribution is -1.80. The first-order valence-corrected chi connectivity index (χ1v) is 3.88. The van der Waals surface area contributed by atoms with E-state index in [1.54, 1.807) is 0 Å². The van der Waals surface area contributed by atoms with E-state index in [0.717, 1.165) is 23.4 Å². The fourth-order valence-corrected chi connectivity index (χ4v) is 1.17. The molecule has 0 N–H and O–H groups in total. The van der Waals surface area contributed by atoms with Crippen LogP contribution in [-0.2, 0) is 6.42 Å². The van der Waals surface area contributed by atoms with Gasteiger partial charge in [-0.3, -0.25) is 9.98 Å². The molecule has 2 nitrogen and oxygen atoms in total. The Hall–Kier alpha value is -1.44. The van der Waals surface area contributed by atoms with Gasteiger partial charge in [-0.15, -0.1) is 0 Å². The van der Waals surface area contributed by atoms with Crippen LogP contribution in [0.1, 0.15) is 12.5 Å². The molecule has 0 saturated carbocycles. The molecule has 0 amide bonds. The minimum atomic E-state index is 0.810. The van der Waals surface area contributed by atoms with Crippen molar-refractivity contribution >= 4 is 24.8 Å². The van der Waals surface area contributed by atoms with Gasteiger partial charge in [0.25, 0.3) is 0 Å². The number of aliphatic imine (C=N–C) groups is 2. The van der Waals surface area contributed by atoms with Crippen LogP contribution in [0.5, 0.6) is 0 Å². The van der Waals surface area contributed by atoms with Gasteiger partial charge in [-0.2, -0.15) is 0 Å². The van der Waals surface area contributed by atoms with Crippen LogP contribution < -0.4 is 0 Å². The molecule has 0 spiro atoms. The predicted octanol–water partition coefficient (Wildman–Crippen LogP) is 2.91. The lowest BCUT2D eigenvalue weighted by Gasteiger charge is -2.04. The summed E-state index contributed by atoms with van der Waals surface area (Å²) in [4.78, 5) is 7.79. The Labute approximate surface area is 72.7 Å². The molecular formula is C10H12N2. The molecule has 0 fully saturated rings. The molecule has 2 heteroatoms. The van der Waals surface area contributed by atoms with Gasteiger partial charge in [0.15, 0.2) is 0 Å². The smallest absolute Gasteiger partial charge is 0.0910 e. The maximum atomic E-state index is 3.93. The summed E-state index contributed by atoms with van der Waals surface area (Å²) in [6.07, 6.45) is 0.942. The second kappa shape index (κ2) is 3.81. The number of nitrogens with zero attached hydrogens (tertiary/aromatic N) is 2. The fourth-order valence-electron chi connectivity index (χ4n) is 1.17. The van der Waals surface area contributed by atoms with Crippen LogP contribution in [0, 0.1) is 0 Å². The largest absolute Gasteiger partial charge is 0.262 e. The summed E-state index contributed by atoms with van der Waals surface area (Å²) in [7, 11) is 0. The Kier molecular flexibility index (Phi) is 2.75. The van der Waals surface area contributed by atoms with E-state index >= 15 is 0 Å². The average Bonchev–Trinajstić information content (AvgIpc) is 2.16. The first-order valence-electron chi connectivity index (χ1n) is 3.88. The summed E-state index contributed by atoms with van der Waals surface area (Å²) >= 11 is 0. The van der Waals surface area contributed by atoms with Crippen molar-refractivity contribution in [1.82, 2.24) is 0 Å². The van der Waals surface area contributed by atoms with E-state index in [-0.39, 0.29) is 0 Å². The molecular weight excluding hydrogens is 148 g/mol. The van der Waals surface area contributed by atoms with Gasteiger partial charge in [0.05, 0.1) is 11.4 Å². The topological polar surface area (TPSA) is 24.7 Å². The number of rotatable bonds is 3. The lowest BCUT2D eigenvalue weighted by atomic mass is 10.1. The summed E-state index contributed by atoms with van der Waals surface area (Å²) in [5.74, 6) is 0. The molecule has 0 saturated heterocycles. The number of aryl methyl sites for hydroxylation is 1. The number of benzene rings is 1. The van der Waals surface area contributed by atoms with Crippen molar-refractivity contribution in [3.05, 3.63) is 23.8 Å². The van der Waals surface area contributed by atoms with Crippen molar-refractivity contribution in [3.8, 4) is 0 Å². The Morgan fingerprint density at radius 1 is 1.25 bits per heavy atom. The average molecular weight is 160 g/mol. The van der Waals surface area contributed by atoms with E-state index in [4.69, 9.17) is 0 Å². The summed E-state index contributed by atoms with van der Waals surface area (Å²) in [5.41, 5.74) is 2.83. The van der Waals surface area contributed by atoms with Gasteiger partial charge in [0, 0.05) is 0 Å². The van der Waals surface area contributed by atoms with Crippen LogP contribution in [0.4, 0.5) is 11.4 Å². The van der Waals surface area contributed by atoms with E-state index in [0.29, 0.717) is 0 Å². The van der Waals surface area contributed by atoms with Crippen LogP contribution in [0.25, 0.3) is 0 Å². The van der Waals surface area contributed by atoms with Gasteiger partial charge in [-0.05, 0) is 31.5 Å². The molecule has 0 bridgehead atoms. The molecule has 1 rings (SSSR count). The third kappa shape index (κ3) is 1.42. The number of hydrogen-bond donors (Lipinski definition) is 0. The van der Waals surface area contributed by atoms with Gasteiger partial charge >= 0.3 is 0 Å². The van der Waals surface area contributed by atoms with E-state index in [9.17, 15) is 0 Å². The highest BCUT2D eigenvalue weighted by Gasteiger charge is 2.02. The third-order valence-corrected chi connectivity index (χ3v) is 1.81. The highest BCUT2D eigenvalue weighted by Crippen LogP contribution is 2.30. The van der Waals surface area contributed by atoms with Crippen molar-refractivity contribution < 1.29 is 0 Å². The zero-order valence-corrected chi connectivity index (χ0v) is 7.25. The Bertz CT molecular complexity index is 303. The summed E-state index contributed by atoms with van der Waals surface area (Å²) in [6, 6.07) is 5.87. The standard InChI is InChI=1S/C10H12N2/c1-4-8-6-5-7-9(11-2)10(8)12-3/h5-7H,2-4H2,1H3. The quantitative estimate of drug-likeness (QED) is 0.607. The SMILES string of the molecule is C=Nc1cccc(CC)c1N=C. The van der Waals surface area contributed by atoms with Crippen LogP contribution in [0.3, 0.4) is 0 Å². The molecule has 0 unspecified atom stereocenters. The monoisotopic (exact) mass is 160 g/mol. The van der Waals surface area contributed by atoms with Gasteiger partial charge < -0.3 is 0 Å². The van der Waals surface area contributed by atoms with Gasteiger partial charge in [-0.1, -0.05) is 19.1 Å². The lowest BCUT2D eigenvalue weighted by molar-refractivity contribution is 1.13. The minimum absolute atomic E-state index is 0.810. The maximum Gasteiger partial charge on any atom is 0.0910 e.